The molecule has 0 spiro atoms. The molecule has 0 radical (unpaired) electrons. The van der Waals surface area contributed by atoms with E-state index < -0.39 is 6.17 Å². The molecule has 1 aliphatic rings. The van der Waals surface area contributed by atoms with E-state index in [4.69, 9.17) is 0 Å². The Hall–Kier alpha value is -0.0700. The third kappa shape index (κ3) is 1.10. The molecule has 54 valence electrons. The highest BCUT2D eigenvalue weighted by Gasteiger charge is 2.42. The van der Waals surface area contributed by atoms with Crippen LogP contribution in [-0.2, 0) is 0 Å². The van der Waals surface area contributed by atoms with Crippen LogP contribution in [0, 0.1) is 11.3 Å². The summed E-state index contributed by atoms with van der Waals surface area (Å²) in [7, 11) is 0. The molecule has 0 amide bonds. The summed E-state index contributed by atoms with van der Waals surface area (Å²) in [6.07, 6.45) is 1.06. The van der Waals surface area contributed by atoms with E-state index in [0.717, 1.165) is 12.8 Å². The van der Waals surface area contributed by atoms with Crippen molar-refractivity contribution in [2.45, 2.75) is 39.8 Å². The van der Waals surface area contributed by atoms with Crippen molar-refractivity contribution >= 4 is 0 Å². The summed E-state index contributed by atoms with van der Waals surface area (Å²) in [6, 6.07) is 0. The molecule has 9 heavy (non-hydrogen) atoms. The summed E-state index contributed by atoms with van der Waals surface area (Å²) in [6.45, 7) is 6.52. The lowest BCUT2D eigenvalue weighted by Crippen LogP contribution is -2.39. The van der Waals surface area contributed by atoms with E-state index in [-0.39, 0.29) is 0 Å². The Morgan fingerprint density at radius 3 is 2.00 bits per heavy atom. The highest BCUT2D eigenvalue weighted by atomic mass is 19.1. The Kier molecular flexibility index (Phi) is 1.54. The zero-order chi connectivity index (χ0) is 7.07. The molecule has 1 saturated carbocycles. The minimum atomic E-state index is -0.502. The maximum Gasteiger partial charge on any atom is 0.101 e. The monoisotopic (exact) mass is 130 g/mol. The van der Waals surface area contributed by atoms with Crippen LogP contribution in [0.5, 0.6) is 0 Å². The fraction of sp³-hybridized carbons (Fsp3) is 1.00. The third-order valence-corrected chi connectivity index (χ3v) is 2.77. The van der Waals surface area contributed by atoms with Gasteiger partial charge in [0.1, 0.15) is 6.17 Å². The van der Waals surface area contributed by atoms with E-state index in [9.17, 15) is 4.39 Å². The van der Waals surface area contributed by atoms with Crippen LogP contribution < -0.4 is 0 Å². The third-order valence-electron chi connectivity index (χ3n) is 2.77. The highest BCUT2D eigenvalue weighted by molar-refractivity contribution is 4.92. The molecule has 1 heteroatoms. The second kappa shape index (κ2) is 1.96. The Morgan fingerprint density at radius 1 is 1.44 bits per heavy atom. The standard InChI is InChI=1S/C8H15F/c1-6(2)8(3)4-7(9)5-8/h6-7H,4-5H2,1-3H3. The van der Waals surface area contributed by atoms with Crippen LogP contribution in [0.3, 0.4) is 0 Å². The fourth-order valence-corrected chi connectivity index (χ4v) is 1.42. The van der Waals surface area contributed by atoms with Crippen molar-refractivity contribution in [2.75, 3.05) is 0 Å². The van der Waals surface area contributed by atoms with Crippen molar-refractivity contribution in [3.8, 4) is 0 Å². The van der Waals surface area contributed by atoms with Crippen LogP contribution >= 0.6 is 0 Å². The van der Waals surface area contributed by atoms with E-state index in [2.05, 4.69) is 20.8 Å². The van der Waals surface area contributed by atoms with Gasteiger partial charge < -0.3 is 0 Å². The molecule has 0 N–H and O–H groups in total. The van der Waals surface area contributed by atoms with Gasteiger partial charge in [0.25, 0.3) is 0 Å². The van der Waals surface area contributed by atoms with Gasteiger partial charge in [-0.3, -0.25) is 0 Å². The summed E-state index contributed by atoms with van der Waals surface area (Å²) >= 11 is 0. The first-order valence-electron chi connectivity index (χ1n) is 3.69. The molecule has 0 aromatic heterocycles. The van der Waals surface area contributed by atoms with Gasteiger partial charge in [0.05, 0.1) is 0 Å². The lowest BCUT2D eigenvalue weighted by atomic mass is 9.62. The van der Waals surface area contributed by atoms with Crippen molar-refractivity contribution < 1.29 is 4.39 Å². The second-order valence-electron chi connectivity index (χ2n) is 3.81. The maximum absolute atomic E-state index is 12.4. The molecule has 1 rings (SSSR count). The number of halogens is 1. The van der Waals surface area contributed by atoms with Gasteiger partial charge in [0, 0.05) is 0 Å². The predicted octanol–water partition coefficient (Wildman–Crippen LogP) is 2.78. The number of hydrogen-bond donors (Lipinski definition) is 0. The largest absolute Gasteiger partial charge is 0.247 e. The minimum absolute atomic E-state index is 0.319. The molecule has 0 saturated heterocycles. The molecular formula is C8H15F. The smallest absolute Gasteiger partial charge is 0.101 e. The molecule has 1 fully saturated rings. The van der Waals surface area contributed by atoms with Gasteiger partial charge in [0.2, 0.25) is 0 Å². The average Bonchev–Trinajstić information content (AvgIpc) is 1.62. The average molecular weight is 130 g/mol. The number of rotatable bonds is 1. The van der Waals surface area contributed by atoms with Crippen molar-refractivity contribution in [1.82, 2.24) is 0 Å². The zero-order valence-corrected chi connectivity index (χ0v) is 6.45. The second-order valence-corrected chi connectivity index (χ2v) is 3.81. The van der Waals surface area contributed by atoms with Crippen LogP contribution in [0.4, 0.5) is 4.39 Å². The Morgan fingerprint density at radius 2 is 1.89 bits per heavy atom. The van der Waals surface area contributed by atoms with Gasteiger partial charge in [-0.25, -0.2) is 4.39 Å². The van der Waals surface area contributed by atoms with Gasteiger partial charge in [-0.15, -0.1) is 0 Å². The lowest BCUT2D eigenvalue weighted by Gasteiger charge is -2.44. The summed E-state index contributed by atoms with van der Waals surface area (Å²) in [5.41, 5.74) is 0.319. The summed E-state index contributed by atoms with van der Waals surface area (Å²) in [5.74, 6) is 0.643. The van der Waals surface area contributed by atoms with Crippen molar-refractivity contribution in [3.05, 3.63) is 0 Å². The van der Waals surface area contributed by atoms with E-state index >= 15 is 0 Å². The van der Waals surface area contributed by atoms with Gasteiger partial charge in [-0.2, -0.15) is 0 Å². The van der Waals surface area contributed by atoms with Crippen molar-refractivity contribution in [3.63, 3.8) is 0 Å². The Labute approximate surface area is 56.5 Å². The normalized spacial score (nSPS) is 43.0. The van der Waals surface area contributed by atoms with E-state index in [1.165, 1.54) is 0 Å². The fourth-order valence-electron chi connectivity index (χ4n) is 1.42. The molecule has 0 aromatic carbocycles. The molecule has 1 aliphatic carbocycles. The summed E-state index contributed by atoms with van der Waals surface area (Å²) in [4.78, 5) is 0. The van der Waals surface area contributed by atoms with Gasteiger partial charge >= 0.3 is 0 Å². The number of alkyl halides is 1. The predicted molar refractivity (Wildman–Crippen MR) is 37.1 cm³/mol. The van der Waals surface area contributed by atoms with Crippen LogP contribution in [0.2, 0.25) is 0 Å². The van der Waals surface area contributed by atoms with E-state index in [1.807, 2.05) is 0 Å². The topological polar surface area (TPSA) is 0 Å². The van der Waals surface area contributed by atoms with Crippen molar-refractivity contribution in [2.24, 2.45) is 11.3 Å². The quantitative estimate of drug-likeness (QED) is 0.512. The van der Waals surface area contributed by atoms with Crippen LogP contribution in [-0.4, -0.2) is 6.17 Å². The van der Waals surface area contributed by atoms with Crippen LogP contribution in [0.15, 0.2) is 0 Å². The molecule has 0 bridgehead atoms. The van der Waals surface area contributed by atoms with Crippen LogP contribution in [0.1, 0.15) is 33.6 Å². The molecular weight excluding hydrogens is 115 g/mol. The molecule has 0 aromatic rings. The SMILES string of the molecule is CC(C)C1(C)CC(F)C1. The van der Waals surface area contributed by atoms with E-state index in [0.29, 0.717) is 11.3 Å². The first kappa shape index (κ1) is 7.04. The van der Waals surface area contributed by atoms with Gasteiger partial charge in [0.15, 0.2) is 0 Å². The zero-order valence-electron chi connectivity index (χ0n) is 6.45. The molecule has 0 aliphatic heterocycles. The van der Waals surface area contributed by atoms with Gasteiger partial charge in [-0.1, -0.05) is 20.8 Å². The summed E-state index contributed by atoms with van der Waals surface area (Å²) in [5, 5.41) is 0. The molecule has 0 nitrogen and oxygen atoms in total. The Balaban J connectivity index is 2.40. The lowest BCUT2D eigenvalue weighted by molar-refractivity contribution is 0.00212. The Bertz CT molecular complexity index is 101. The van der Waals surface area contributed by atoms with E-state index in [1.54, 1.807) is 0 Å². The maximum atomic E-state index is 12.4. The summed E-state index contributed by atoms with van der Waals surface area (Å²) < 4.78 is 12.4. The van der Waals surface area contributed by atoms with Crippen molar-refractivity contribution in [1.29, 1.82) is 0 Å². The molecule has 0 atom stereocenters. The minimum Gasteiger partial charge on any atom is -0.247 e. The highest BCUT2D eigenvalue weighted by Crippen LogP contribution is 2.47. The van der Waals surface area contributed by atoms with Gasteiger partial charge in [-0.05, 0) is 24.2 Å². The number of hydrogen-bond acceptors (Lipinski definition) is 0. The first-order chi connectivity index (χ1) is 4.04. The molecule has 0 unspecified atom stereocenters. The molecule has 0 heterocycles. The van der Waals surface area contributed by atoms with Crippen LogP contribution in [0.25, 0.3) is 0 Å². The first-order valence-corrected chi connectivity index (χ1v) is 3.69.